The fraction of sp³-hybridized carbons (Fsp3) is 0.333. The van der Waals surface area contributed by atoms with Crippen molar-refractivity contribution in [3.63, 3.8) is 0 Å². The number of nitrogens with zero attached hydrogens (tertiary/aromatic N) is 1. The molecule has 0 aromatic heterocycles. The summed E-state index contributed by atoms with van der Waals surface area (Å²) >= 11 is 4.53. The Labute approximate surface area is 80.7 Å². The number of rotatable bonds is 1. The van der Waals surface area contributed by atoms with Gasteiger partial charge < -0.3 is 5.11 Å². The lowest BCUT2D eigenvalue weighted by molar-refractivity contribution is -0.144. The Morgan fingerprint density at radius 1 is 1.75 bits per heavy atom. The zero-order chi connectivity index (χ0) is 8.88. The third-order valence-electron chi connectivity index (χ3n) is 1.78. The second kappa shape index (κ2) is 2.50. The summed E-state index contributed by atoms with van der Waals surface area (Å²) in [4.78, 5) is 22.7. The molecule has 0 radical (unpaired) electrons. The highest BCUT2D eigenvalue weighted by Crippen LogP contribution is 2.44. The van der Waals surface area contributed by atoms with E-state index in [2.05, 4.69) is 15.9 Å². The molecule has 1 amide bonds. The summed E-state index contributed by atoms with van der Waals surface area (Å²) in [7, 11) is 0. The van der Waals surface area contributed by atoms with E-state index in [9.17, 15) is 9.59 Å². The summed E-state index contributed by atoms with van der Waals surface area (Å²) < 4.78 is 0. The van der Waals surface area contributed by atoms with Crippen LogP contribution < -0.4 is 0 Å². The van der Waals surface area contributed by atoms with Gasteiger partial charge >= 0.3 is 5.97 Å². The first-order valence-electron chi connectivity index (χ1n) is 3.19. The highest BCUT2D eigenvalue weighted by atomic mass is 79.9. The van der Waals surface area contributed by atoms with Gasteiger partial charge in [0.05, 0.1) is 0 Å². The lowest BCUT2D eigenvalue weighted by atomic mass is 10.2. The van der Waals surface area contributed by atoms with E-state index in [1.807, 2.05) is 0 Å². The van der Waals surface area contributed by atoms with E-state index in [-0.39, 0.29) is 21.8 Å². The number of halogens is 1. The molecule has 4 nitrogen and oxygen atoms in total. The smallest absolute Gasteiger partial charge is 0.353 e. The number of aliphatic carboxylic acids is 1. The van der Waals surface area contributed by atoms with Crippen LogP contribution in [0.2, 0.25) is 0 Å². The Balaban J connectivity index is 2.23. The Kier molecular flexibility index (Phi) is 1.69. The van der Waals surface area contributed by atoms with Crippen LogP contribution in [0.25, 0.3) is 0 Å². The predicted molar refractivity (Wildman–Crippen MR) is 46.7 cm³/mol. The Morgan fingerprint density at radius 3 is 3.00 bits per heavy atom. The van der Waals surface area contributed by atoms with Crippen molar-refractivity contribution in [2.75, 3.05) is 0 Å². The van der Waals surface area contributed by atoms with Gasteiger partial charge in [-0.1, -0.05) is 15.9 Å². The van der Waals surface area contributed by atoms with Gasteiger partial charge in [-0.3, -0.25) is 9.69 Å². The number of β-lactam (4-membered cyclic amide) rings is 1. The van der Waals surface area contributed by atoms with Crippen LogP contribution in [-0.4, -0.2) is 32.1 Å². The highest BCUT2D eigenvalue weighted by molar-refractivity contribution is 9.10. The predicted octanol–water partition coefficient (Wildman–Crippen LogP) is 0.591. The van der Waals surface area contributed by atoms with Crippen molar-refractivity contribution in [2.24, 2.45) is 0 Å². The van der Waals surface area contributed by atoms with Gasteiger partial charge in [0.2, 0.25) is 5.91 Å². The zero-order valence-corrected chi connectivity index (χ0v) is 8.13. The number of carboxylic acid groups (broad SMARTS) is 1. The number of thioether (sulfide) groups is 1. The molecule has 2 unspecified atom stereocenters. The quantitative estimate of drug-likeness (QED) is 0.546. The molecule has 1 saturated heterocycles. The van der Waals surface area contributed by atoms with Gasteiger partial charge in [-0.05, 0) is 0 Å². The molecule has 2 rings (SSSR count). The van der Waals surface area contributed by atoms with Gasteiger partial charge in [0, 0.05) is 5.41 Å². The minimum Gasteiger partial charge on any atom is -0.477 e. The second-order valence-corrected chi connectivity index (χ2v) is 4.42. The first-order chi connectivity index (χ1) is 5.63. The lowest BCUT2D eigenvalue weighted by Gasteiger charge is -2.38. The molecule has 2 aliphatic heterocycles. The summed E-state index contributed by atoms with van der Waals surface area (Å²) in [6, 6.07) is 0. The zero-order valence-electron chi connectivity index (χ0n) is 5.73. The highest BCUT2D eigenvalue weighted by Gasteiger charge is 2.52. The molecule has 12 heavy (non-hydrogen) atoms. The molecule has 0 aliphatic carbocycles. The maximum absolute atomic E-state index is 11.1. The van der Waals surface area contributed by atoms with Crippen LogP contribution in [0.1, 0.15) is 0 Å². The van der Waals surface area contributed by atoms with E-state index < -0.39 is 5.97 Å². The van der Waals surface area contributed by atoms with E-state index in [1.54, 1.807) is 0 Å². The number of hydrogen-bond acceptors (Lipinski definition) is 3. The number of hydrogen-bond donors (Lipinski definition) is 1. The molecular formula is C6H4BrNO3S. The molecule has 0 aromatic rings. The molecule has 0 aromatic carbocycles. The number of alkyl halides is 1. The summed E-state index contributed by atoms with van der Waals surface area (Å²) in [6.07, 6.45) is 0. The number of carbonyl (C=O) groups is 2. The van der Waals surface area contributed by atoms with E-state index in [4.69, 9.17) is 5.11 Å². The summed E-state index contributed by atoms with van der Waals surface area (Å²) in [6.45, 7) is 0. The first-order valence-corrected chi connectivity index (χ1v) is 5.05. The maximum Gasteiger partial charge on any atom is 0.353 e. The summed E-state index contributed by atoms with van der Waals surface area (Å²) in [5.74, 6) is -1.21. The monoisotopic (exact) mass is 249 g/mol. The van der Waals surface area contributed by atoms with Crippen LogP contribution in [0.15, 0.2) is 11.1 Å². The van der Waals surface area contributed by atoms with Crippen LogP contribution in [0, 0.1) is 0 Å². The van der Waals surface area contributed by atoms with Gasteiger partial charge in [-0.25, -0.2) is 4.79 Å². The molecule has 0 spiro atoms. The average molecular weight is 250 g/mol. The first kappa shape index (κ1) is 8.12. The van der Waals surface area contributed by atoms with E-state index in [1.165, 1.54) is 22.1 Å². The van der Waals surface area contributed by atoms with Crippen LogP contribution in [0.4, 0.5) is 0 Å². The Morgan fingerprint density at radius 2 is 2.42 bits per heavy atom. The number of fused-ring (bicyclic) bond motifs is 1. The Hall–Kier alpha value is -0.490. The van der Waals surface area contributed by atoms with Crippen LogP contribution >= 0.6 is 27.7 Å². The molecule has 0 bridgehead atoms. The number of carbonyl (C=O) groups excluding carboxylic acids is 1. The Bertz CT molecular complexity index is 303. The van der Waals surface area contributed by atoms with Gasteiger partial charge in [-0.2, -0.15) is 0 Å². The molecular weight excluding hydrogens is 246 g/mol. The van der Waals surface area contributed by atoms with Crippen molar-refractivity contribution < 1.29 is 14.7 Å². The van der Waals surface area contributed by atoms with Crippen molar-refractivity contribution in [1.82, 2.24) is 4.90 Å². The van der Waals surface area contributed by atoms with E-state index >= 15 is 0 Å². The van der Waals surface area contributed by atoms with Gasteiger partial charge in [0.15, 0.2) is 0 Å². The molecule has 0 saturated carbocycles. The third-order valence-corrected chi connectivity index (χ3v) is 4.14. The molecule has 1 fully saturated rings. The van der Waals surface area contributed by atoms with E-state index in [0.29, 0.717) is 0 Å². The van der Waals surface area contributed by atoms with Crippen LogP contribution in [0.3, 0.4) is 0 Å². The fourth-order valence-corrected chi connectivity index (χ4v) is 3.07. The topological polar surface area (TPSA) is 57.6 Å². The molecule has 2 aliphatic rings. The summed E-state index contributed by atoms with van der Waals surface area (Å²) in [5, 5.41) is 10.1. The third kappa shape index (κ3) is 0.847. The largest absolute Gasteiger partial charge is 0.477 e. The number of carboxylic acids is 1. The SMILES string of the molecule is O=C(O)C1=CSC2C(Br)C(=O)N12. The van der Waals surface area contributed by atoms with Crippen molar-refractivity contribution in [2.45, 2.75) is 10.2 Å². The molecule has 2 heterocycles. The van der Waals surface area contributed by atoms with Gasteiger partial charge in [0.25, 0.3) is 0 Å². The summed E-state index contributed by atoms with van der Waals surface area (Å²) in [5.41, 5.74) is 0.0886. The molecule has 2 atom stereocenters. The van der Waals surface area contributed by atoms with Crippen molar-refractivity contribution in [1.29, 1.82) is 0 Å². The van der Waals surface area contributed by atoms with Gasteiger partial charge in [-0.15, -0.1) is 11.8 Å². The minimum absolute atomic E-state index is 0.0522. The lowest BCUT2D eigenvalue weighted by Crippen LogP contribution is -2.58. The standard InChI is InChI=1S/C6H4BrNO3S/c7-3-4(9)8-2(6(10)11)1-12-5(3)8/h1,3,5H,(H,10,11). The van der Waals surface area contributed by atoms with Crippen molar-refractivity contribution in [3.05, 3.63) is 11.1 Å². The second-order valence-electron chi connectivity index (χ2n) is 2.44. The number of amides is 1. The van der Waals surface area contributed by atoms with Crippen molar-refractivity contribution >= 4 is 39.6 Å². The molecule has 6 heteroatoms. The van der Waals surface area contributed by atoms with Crippen molar-refractivity contribution in [3.8, 4) is 0 Å². The average Bonchev–Trinajstić information content (AvgIpc) is 2.43. The minimum atomic E-state index is -1.04. The molecule has 1 N–H and O–H groups in total. The van der Waals surface area contributed by atoms with E-state index in [0.717, 1.165) is 0 Å². The van der Waals surface area contributed by atoms with Crippen LogP contribution in [0.5, 0.6) is 0 Å². The molecule has 64 valence electrons. The fourth-order valence-electron chi connectivity index (χ4n) is 1.16. The maximum atomic E-state index is 11.1. The normalized spacial score (nSPS) is 32.6. The van der Waals surface area contributed by atoms with Crippen LogP contribution in [-0.2, 0) is 9.59 Å². The van der Waals surface area contributed by atoms with Gasteiger partial charge in [0.1, 0.15) is 15.9 Å².